The zero-order valence-electron chi connectivity index (χ0n) is 10.7. The number of halogens is 1. The van der Waals surface area contributed by atoms with E-state index < -0.39 is 0 Å². The highest BCUT2D eigenvalue weighted by atomic mass is 19.1. The van der Waals surface area contributed by atoms with Crippen molar-refractivity contribution < 1.29 is 4.39 Å². The maximum atomic E-state index is 13.3. The van der Waals surface area contributed by atoms with E-state index in [2.05, 4.69) is 11.4 Å². The lowest BCUT2D eigenvalue weighted by molar-refractivity contribution is 0.346. The maximum Gasteiger partial charge on any atom is 0.125 e. The molecule has 18 heavy (non-hydrogen) atoms. The Labute approximate surface area is 108 Å². The predicted octanol–water partition coefficient (Wildman–Crippen LogP) is 4.02. The molecule has 0 aliphatic heterocycles. The SMILES string of the molecule is Cc1cc(F)cc(NC(C#N)C2CCCCC2)c1. The monoisotopic (exact) mass is 246 g/mol. The summed E-state index contributed by atoms with van der Waals surface area (Å²) in [5.74, 6) is 0.144. The molecular weight excluding hydrogens is 227 g/mol. The van der Waals surface area contributed by atoms with Gasteiger partial charge in [-0.2, -0.15) is 5.26 Å². The summed E-state index contributed by atoms with van der Waals surface area (Å²) in [6.45, 7) is 1.86. The first-order chi connectivity index (χ1) is 8.69. The lowest BCUT2D eigenvalue weighted by Gasteiger charge is -2.27. The van der Waals surface area contributed by atoms with E-state index in [-0.39, 0.29) is 11.9 Å². The van der Waals surface area contributed by atoms with Crippen LogP contribution in [0.1, 0.15) is 37.7 Å². The molecule has 1 aromatic carbocycles. The molecule has 96 valence electrons. The minimum atomic E-state index is -0.252. The number of benzene rings is 1. The Morgan fingerprint density at radius 2 is 2.00 bits per heavy atom. The van der Waals surface area contributed by atoms with E-state index in [0.717, 1.165) is 18.4 Å². The van der Waals surface area contributed by atoms with Gasteiger partial charge in [-0.1, -0.05) is 19.3 Å². The molecule has 0 amide bonds. The molecule has 0 saturated heterocycles. The first-order valence-electron chi connectivity index (χ1n) is 6.62. The van der Waals surface area contributed by atoms with Crippen LogP contribution < -0.4 is 5.32 Å². The summed E-state index contributed by atoms with van der Waals surface area (Å²) in [6, 6.07) is 6.96. The standard InChI is InChI=1S/C15H19FN2/c1-11-7-13(16)9-14(8-11)18-15(10-17)12-5-3-2-4-6-12/h7-9,12,15,18H,2-6H2,1H3. The van der Waals surface area contributed by atoms with Crippen LogP contribution in [0.4, 0.5) is 10.1 Å². The molecule has 2 rings (SSSR count). The molecule has 1 fully saturated rings. The molecule has 1 unspecified atom stereocenters. The van der Waals surface area contributed by atoms with Gasteiger partial charge >= 0.3 is 0 Å². The van der Waals surface area contributed by atoms with E-state index in [1.54, 1.807) is 0 Å². The molecule has 1 aromatic rings. The molecule has 2 nitrogen and oxygen atoms in total. The number of aryl methyl sites for hydroxylation is 1. The Bertz CT molecular complexity index is 424. The van der Waals surface area contributed by atoms with E-state index in [0.29, 0.717) is 11.6 Å². The van der Waals surface area contributed by atoms with E-state index in [4.69, 9.17) is 0 Å². The van der Waals surface area contributed by atoms with E-state index in [1.165, 1.54) is 31.4 Å². The van der Waals surface area contributed by atoms with Crippen molar-refractivity contribution in [2.45, 2.75) is 45.1 Å². The molecule has 0 bridgehead atoms. The van der Waals surface area contributed by atoms with Crippen molar-refractivity contribution in [3.63, 3.8) is 0 Å². The molecule has 0 heterocycles. The van der Waals surface area contributed by atoms with Crippen molar-refractivity contribution in [3.8, 4) is 6.07 Å². The average Bonchev–Trinajstić information content (AvgIpc) is 2.36. The predicted molar refractivity (Wildman–Crippen MR) is 70.7 cm³/mol. The van der Waals surface area contributed by atoms with Gasteiger partial charge in [0.05, 0.1) is 6.07 Å². The van der Waals surface area contributed by atoms with Crippen molar-refractivity contribution in [2.75, 3.05) is 5.32 Å². The van der Waals surface area contributed by atoms with Gasteiger partial charge in [-0.05, 0) is 49.4 Å². The van der Waals surface area contributed by atoms with Crippen molar-refractivity contribution in [3.05, 3.63) is 29.6 Å². The minimum Gasteiger partial charge on any atom is -0.370 e. The number of anilines is 1. The Kier molecular flexibility index (Phi) is 4.19. The third-order valence-corrected chi connectivity index (χ3v) is 3.62. The molecule has 1 saturated carbocycles. The van der Waals surface area contributed by atoms with Gasteiger partial charge in [0.15, 0.2) is 0 Å². The lowest BCUT2D eigenvalue weighted by Crippen LogP contribution is -2.29. The third-order valence-electron chi connectivity index (χ3n) is 3.62. The summed E-state index contributed by atoms with van der Waals surface area (Å²) < 4.78 is 13.3. The highest BCUT2D eigenvalue weighted by molar-refractivity contribution is 5.48. The number of hydrogen-bond acceptors (Lipinski definition) is 2. The van der Waals surface area contributed by atoms with E-state index in [9.17, 15) is 9.65 Å². The van der Waals surface area contributed by atoms with Crippen LogP contribution in [0.5, 0.6) is 0 Å². The molecular formula is C15H19FN2. The normalized spacial score (nSPS) is 18.1. The highest BCUT2D eigenvalue weighted by Gasteiger charge is 2.23. The fourth-order valence-electron chi connectivity index (χ4n) is 2.72. The topological polar surface area (TPSA) is 35.8 Å². The highest BCUT2D eigenvalue weighted by Crippen LogP contribution is 2.28. The number of nitrogens with zero attached hydrogens (tertiary/aromatic N) is 1. The van der Waals surface area contributed by atoms with Crippen LogP contribution in [0.15, 0.2) is 18.2 Å². The molecule has 0 radical (unpaired) electrons. The second-order valence-electron chi connectivity index (χ2n) is 5.17. The Balaban J connectivity index is 2.07. The first-order valence-corrected chi connectivity index (χ1v) is 6.62. The second-order valence-corrected chi connectivity index (χ2v) is 5.17. The van der Waals surface area contributed by atoms with Gasteiger partial charge in [0.2, 0.25) is 0 Å². The first kappa shape index (κ1) is 12.9. The van der Waals surface area contributed by atoms with Crippen molar-refractivity contribution in [1.29, 1.82) is 5.26 Å². The van der Waals surface area contributed by atoms with Crippen LogP contribution in [-0.4, -0.2) is 6.04 Å². The number of nitrogens with one attached hydrogen (secondary N) is 1. The van der Waals surface area contributed by atoms with Gasteiger partial charge in [0.1, 0.15) is 11.9 Å². The average molecular weight is 246 g/mol. The summed E-state index contributed by atoms with van der Waals surface area (Å²) >= 11 is 0. The second kappa shape index (κ2) is 5.86. The van der Waals surface area contributed by atoms with Crippen LogP contribution >= 0.6 is 0 Å². The summed E-state index contributed by atoms with van der Waals surface area (Å²) in [7, 11) is 0. The molecule has 3 heteroatoms. The van der Waals surface area contributed by atoms with Crippen LogP contribution in [0.3, 0.4) is 0 Å². The largest absolute Gasteiger partial charge is 0.370 e. The maximum absolute atomic E-state index is 13.3. The Hall–Kier alpha value is -1.56. The van der Waals surface area contributed by atoms with Gasteiger partial charge in [0.25, 0.3) is 0 Å². The van der Waals surface area contributed by atoms with Crippen molar-refractivity contribution in [1.82, 2.24) is 0 Å². The number of rotatable bonds is 3. The Morgan fingerprint density at radius 1 is 1.28 bits per heavy atom. The van der Waals surface area contributed by atoms with Crippen LogP contribution in [0.25, 0.3) is 0 Å². The summed E-state index contributed by atoms with van der Waals surface area (Å²) in [5.41, 5.74) is 1.59. The van der Waals surface area contributed by atoms with Gasteiger partial charge in [-0.25, -0.2) is 4.39 Å². The van der Waals surface area contributed by atoms with Crippen LogP contribution in [0.2, 0.25) is 0 Å². The molecule has 1 N–H and O–H groups in total. The molecule has 1 aliphatic carbocycles. The summed E-state index contributed by atoms with van der Waals surface area (Å²) in [6.07, 6.45) is 5.87. The molecule has 1 atom stereocenters. The zero-order valence-corrected chi connectivity index (χ0v) is 10.7. The van der Waals surface area contributed by atoms with Gasteiger partial charge in [-0.15, -0.1) is 0 Å². The lowest BCUT2D eigenvalue weighted by atomic mass is 9.84. The molecule has 0 spiro atoms. The smallest absolute Gasteiger partial charge is 0.125 e. The van der Waals surface area contributed by atoms with Gasteiger partial charge < -0.3 is 5.32 Å². The minimum absolute atomic E-state index is 0.202. The van der Waals surface area contributed by atoms with E-state index >= 15 is 0 Å². The Morgan fingerprint density at radius 3 is 2.61 bits per heavy atom. The summed E-state index contributed by atoms with van der Waals surface area (Å²) in [4.78, 5) is 0. The third kappa shape index (κ3) is 3.22. The molecule has 0 aromatic heterocycles. The van der Waals surface area contributed by atoms with Gasteiger partial charge in [0, 0.05) is 5.69 Å². The fraction of sp³-hybridized carbons (Fsp3) is 0.533. The van der Waals surface area contributed by atoms with Crippen molar-refractivity contribution >= 4 is 5.69 Å². The van der Waals surface area contributed by atoms with E-state index in [1.807, 2.05) is 13.0 Å². The molecule has 1 aliphatic rings. The number of nitriles is 1. The van der Waals surface area contributed by atoms with Gasteiger partial charge in [-0.3, -0.25) is 0 Å². The summed E-state index contributed by atoms with van der Waals surface area (Å²) in [5, 5.41) is 12.5. The number of hydrogen-bond donors (Lipinski definition) is 1. The van der Waals surface area contributed by atoms with Crippen LogP contribution in [-0.2, 0) is 0 Å². The fourth-order valence-corrected chi connectivity index (χ4v) is 2.72. The quantitative estimate of drug-likeness (QED) is 0.874. The zero-order chi connectivity index (χ0) is 13.0. The van der Waals surface area contributed by atoms with Crippen molar-refractivity contribution in [2.24, 2.45) is 5.92 Å². The van der Waals surface area contributed by atoms with Crippen LogP contribution in [0, 0.1) is 30.0 Å².